The molecular formula is C9H5F7O3. The molecule has 0 aliphatic heterocycles. The molecule has 108 valence electrons. The molecule has 0 spiro atoms. The van der Waals surface area contributed by atoms with Gasteiger partial charge in [-0.1, -0.05) is 0 Å². The van der Waals surface area contributed by atoms with E-state index in [4.69, 9.17) is 0 Å². The van der Waals surface area contributed by atoms with Gasteiger partial charge in [-0.2, -0.15) is 17.6 Å². The molecule has 1 rings (SSSR count). The Balaban J connectivity index is 3.02. The van der Waals surface area contributed by atoms with Crippen LogP contribution in [-0.2, 0) is 0 Å². The van der Waals surface area contributed by atoms with E-state index >= 15 is 0 Å². The normalized spacial score (nSPS) is 11.8. The zero-order chi connectivity index (χ0) is 14.6. The molecule has 0 fully saturated rings. The Kier molecular flexibility index (Phi) is 4.67. The van der Waals surface area contributed by atoms with Crippen LogP contribution in [0.4, 0.5) is 30.7 Å². The van der Waals surface area contributed by atoms with Gasteiger partial charge in [0.25, 0.3) is 0 Å². The molecule has 1 aromatic carbocycles. The zero-order valence-corrected chi connectivity index (χ0v) is 8.76. The van der Waals surface area contributed by atoms with Gasteiger partial charge < -0.3 is 14.2 Å². The van der Waals surface area contributed by atoms with Crippen LogP contribution in [0, 0.1) is 0 Å². The number of benzene rings is 1. The van der Waals surface area contributed by atoms with Crippen LogP contribution in [0.15, 0.2) is 18.2 Å². The standard InChI is InChI=1S/C9H5F7O3/c10-7(11)17-4-1-2-5(19-9(14,15)16)6(3-4)18-8(12)13/h1-3,7-8H. The van der Waals surface area contributed by atoms with Crippen molar-refractivity contribution in [3.63, 3.8) is 0 Å². The van der Waals surface area contributed by atoms with Gasteiger partial charge in [0.1, 0.15) is 5.75 Å². The monoisotopic (exact) mass is 294 g/mol. The lowest BCUT2D eigenvalue weighted by Gasteiger charge is -2.14. The third-order valence-electron chi connectivity index (χ3n) is 1.58. The number of alkyl halides is 7. The molecule has 0 aliphatic rings. The molecule has 10 heteroatoms. The predicted molar refractivity (Wildman–Crippen MR) is 46.4 cm³/mol. The van der Waals surface area contributed by atoms with Crippen molar-refractivity contribution in [1.29, 1.82) is 0 Å². The van der Waals surface area contributed by atoms with Crippen molar-refractivity contribution < 1.29 is 44.9 Å². The average Bonchev–Trinajstić information content (AvgIpc) is 2.18. The van der Waals surface area contributed by atoms with Crippen molar-refractivity contribution in [3.8, 4) is 17.2 Å². The fourth-order valence-electron chi connectivity index (χ4n) is 1.06. The quantitative estimate of drug-likeness (QED) is 0.773. The van der Waals surface area contributed by atoms with E-state index in [2.05, 4.69) is 14.2 Å². The lowest BCUT2D eigenvalue weighted by molar-refractivity contribution is -0.275. The molecule has 0 saturated heterocycles. The third-order valence-corrected chi connectivity index (χ3v) is 1.58. The summed E-state index contributed by atoms with van der Waals surface area (Å²) in [5, 5.41) is 0. The molecule has 0 saturated carbocycles. The van der Waals surface area contributed by atoms with Gasteiger partial charge in [0.15, 0.2) is 11.5 Å². The van der Waals surface area contributed by atoms with E-state index in [0.29, 0.717) is 18.2 Å². The van der Waals surface area contributed by atoms with Crippen molar-refractivity contribution in [1.82, 2.24) is 0 Å². The Morgan fingerprint density at radius 3 is 1.89 bits per heavy atom. The SMILES string of the molecule is FC(F)Oc1ccc(OC(F)(F)F)c(OC(F)F)c1. The van der Waals surface area contributed by atoms with Gasteiger partial charge in [-0.25, -0.2) is 0 Å². The minimum absolute atomic E-state index is 0.430. The minimum Gasteiger partial charge on any atom is -0.435 e. The van der Waals surface area contributed by atoms with Gasteiger partial charge in [0.05, 0.1) is 0 Å². The topological polar surface area (TPSA) is 27.7 Å². The van der Waals surface area contributed by atoms with E-state index < -0.39 is 36.8 Å². The van der Waals surface area contributed by atoms with Gasteiger partial charge in [-0.05, 0) is 12.1 Å². The zero-order valence-electron chi connectivity index (χ0n) is 8.76. The molecular weight excluding hydrogens is 289 g/mol. The fourth-order valence-corrected chi connectivity index (χ4v) is 1.06. The van der Waals surface area contributed by atoms with E-state index in [1.54, 1.807) is 0 Å². The second kappa shape index (κ2) is 5.85. The van der Waals surface area contributed by atoms with Gasteiger partial charge in [-0.3, -0.25) is 0 Å². The summed E-state index contributed by atoms with van der Waals surface area (Å²) < 4.78 is 94.5. The highest BCUT2D eigenvalue weighted by Crippen LogP contribution is 2.36. The largest absolute Gasteiger partial charge is 0.573 e. The van der Waals surface area contributed by atoms with Crippen molar-refractivity contribution in [2.24, 2.45) is 0 Å². The van der Waals surface area contributed by atoms with Gasteiger partial charge in [-0.15, -0.1) is 13.2 Å². The van der Waals surface area contributed by atoms with Crippen LogP contribution in [-0.4, -0.2) is 19.6 Å². The second-order valence-electron chi connectivity index (χ2n) is 2.91. The summed E-state index contributed by atoms with van der Waals surface area (Å²) in [5.74, 6) is -2.83. The molecule has 0 unspecified atom stereocenters. The third kappa shape index (κ3) is 5.53. The molecule has 0 N–H and O–H groups in total. The summed E-state index contributed by atoms with van der Waals surface area (Å²) in [6.07, 6.45) is -5.15. The first-order valence-electron chi connectivity index (χ1n) is 4.47. The van der Waals surface area contributed by atoms with Crippen molar-refractivity contribution in [2.45, 2.75) is 19.6 Å². The lowest BCUT2D eigenvalue weighted by Crippen LogP contribution is -2.18. The number of hydrogen-bond donors (Lipinski definition) is 0. The maximum absolute atomic E-state index is 12.0. The highest BCUT2D eigenvalue weighted by Gasteiger charge is 2.33. The molecule has 0 aromatic heterocycles. The molecule has 0 radical (unpaired) electrons. The highest BCUT2D eigenvalue weighted by molar-refractivity contribution is 5.45. The van der Waals surface area contributed by atoms with E-state index in [9.17, 15) is 30.7 Å². The summed E-state index contributed by atoms with van der Waals surface area (Å²) in [6, 6.07) is 1.63. The van der Waals surface area contributed by atoms with E-state index in [0.717, 1.165) is 0 Å². The van der Waals surface area contributed by atoms with Crippen molar-refractivity contribution in [3.05, 3.63) is 18.2 Å². The Labute approximate surface area is 101 Å². The van der Waals surface area contributed by atoms with Crippen LogP contribution >= 0.6 is 0 Å². The highest BCUT2D eigenvalue weighted by atomic mass is 19.4. The second-order valence-corrected chi connectivity index (χ2v) is 2.91. The van der Waals surface area contributed by atoms with Gasteiger partial charge in [0, 0.05) is 6.07 Å². The average molecular weight is 294 g/mol. The smallest absolute Gasteiger partial charge is 0.435 e. The first-order valence-corrected chi connectivity index (χ1v) is 4.47. The first kappa shape index (κ1) is 15.2. The lowest BCUT2D eigenvalue weighted by atomic mass is 10.3. The number of hydrogen-bond acceptors (Lipinski definition) is 3. The number of halogens is 7. The van der Waals surface area contributed by atoms with Crippen LogP contribution in [0.2, 0.25) is 0 Å². The summed E-state index contributed by atoms with van der Waals surface area (Å²) in [6.45, 7) is -6.73. The first-order chi connectivity index (χ1) is 8.67. The Bertz CT molecular complexity index is 419. The predicted octanol–water partition coefficient (Wildman–Crippen LogP) is 3.79. The molecule has 0 bridgehead atoms. The number of ether oxygens (including phenoxy) is 3. The van der Waals surface area contributed by atoms with E-state index in [1.165, 1.54) is 0 Å². The summed E-state index contributed by atoms with van der Waals surface area (Å²) in [5.41, 5.74) is 0. The maximum atomic E-state index is 12.0. The van der Waals surface area contributed by atoms with Gasteiger partial charge >= 0.3 is 19.6 Å². The van der Waals surface area contributed by atoms with Crippen molar-refractivity contribution in [2.75, 3.05) is 0 Å². The van der Waals surface area contributed by atoms with Crippen LogP contribution in [0.25, 0.3) is 0 Å². The molecule has 0 atom stereocenters. The molecule has 0 amide bonds. The Hall–Kier alpha value is -1.87. The van der Waals surface area contributed by atoms with E-state index in [1.807, 2.05) is 0 Å². The van der Waals surface area contributed by atoms with Crippen LogP contribution in [0.1, 0.15) is 0 Å². The van der Waals surface area contributed by atoms with Crippen molar-refractivity contribution >= 4 is 0 Å². The van der Waals surface area contributed by atoms with Crippen LogP contribution < -0.4 is 14.2 Å². The molecule has 0 heterocycles. The minimum atomic E-state index is -5.15. The van der Waals surface area contributed by atoms with Gasteiger partial charge in [0.2, 0.25) is 0 Å². The molecule has 1 aromatic rings. The Morgan fingerprint density at radius 1 is 0.842 bits per heavy atom. The fraction of sp³-hybridized carbons (Fsp3) is 0.333. The van der Waals surface area contributed by atoms with Crippen LogP contribution in [0.5, 0.6) is 17.2 Å². The summed E-state index contributed by atoms with van der Waals surface area (Å²) >= 11 is 0. The molecule has 3 nitrogen and oxygen atoms in total. The van der Waals surface area contributed by atoms with E-state index in [-0.39, 0.29) is 0 Å². The maximum Gasteiger partial charge on any atom is 0.573 e. The van der Waals surface area contributed by atoms with Crippen LogP contribution in [0.3, 0.4) is 0 Å². The Morgan fingerprint density at radius 2 is 1.42 bits per heavy atom. The summed E-state index contributed by atoms with van der Waals surface area (Å²) in [4.78, 5) is 0. The number of rotatable bonds is 5. The molecule has 19 heavy (non-hydrogen) atoms. The molecule has 0 aliphatic carbocycles. The summed E-state index contributed by atoms with van der Waals surface area (Å²) in [7, 11) is 0.